The lowest BCUT2D eigenvalue weighted by Crippen LogP contribution is -2.32. The zero-order chi connectivity index (χ0) is 13.9. The normalized spacial score (nSPS) is 17.6. The highest BCUT2D eigenvalue weighted by molar-refractivity contribution is 7.89. The molecule has 1 unspecified atom stereocenters. The van der Waals surface area contributed by atoms with E-state index in [1.54, 1.807) is 6.07 Å². The molecule has 1 aromatic rings. The highest BCUT2D eigenvalue weighted by Crippen LogP contribution is 2.20. The average Bonchev–Trinajstić information content (AvgIpc) is 3.02. The zero-order valence-corrected chi connectivity index (χ0v) is 12.3. The Morgan fingerprint density at radius 1 is 1.42 bits per heavy atom. The van der Waals surface area contributed by atoms with Crippen molar-refractivity contribution >= 4 is 10.0 Å². The molecule has 0 aliphatic heterocycles. The summed E-state index contributed by atoms with van der Waals surface area (Å²) in [5, 5.41) is 3.29. The van der Waals surface area contributed by atoms with Gasteiger partial charge in [0.15, 0.2) is 0 Å². The lowest BCUT2D eigenvalue weighted by atomic mass is 10.2. The molecule has 1 saturated carbocycles. The molecule has 1 aliphatic carbocycles. The third-order valence-corrected chi connectivity index (χ3v) is 4.58. The SMILES string of the molecule is CCCC(C)NS(=O)(=O)c1ccc(CNC2CC2)o1. The van der Waals surface area contributed by atoms with Crippen LogP contribution >= 0.6 is 0 Å². The Morgan fingerprint density at radius 2 is 2.16 bits per heavy atom. The first-order valence-electron chi connectivity index (χ1n) is 6.85. The van der Waals surface area contributed by atoms with Gasteiger partial charge >= 0.3 is 0 Å². The minimum absolute atomic E-state index is 0.00282. The second-order valence-electron chi connectivity index (χ2n) is 5.19. The fourth-order valence-electron chi connectivity index (χ4n) is 1.94. The molecule has 0 radical (unpaired) electrons. The molecule has 2 N–H and O–H groups in total. The predicted octanol–water partition coefficient (Wildman–Crippen LogP) is 2.00. The van der Waals surface area contributed by atoms with Crippen LogP contribution < -0.4 is 10.0 Å². The van der Waals surface area contributed by atoms with Crippen molar-refractivity contribution in [1.82, 2.24) is 10.0 Å². The standard InChI is InChI=1S/C13H22N2O3S/c1-3-4-10(2)15-19(16,17)13-8-7-12(18-13)9-14-11-5-6-11/h7-8,10-11,14-15H,3-6,9H2,1-2H3. The van der Waals surface area contributed by atoms with Crippen LogP contribution in [-0.4, -0.2) is 20.5 Å². The number of furan rings is 1. The third kappa shape index (κ3) is 4.33. The van der Waals surface area contributed by atoms with Crippen LogP contribution in [0.5, 0.6) is 0 Å². The van der Waals surface area contributed by atoms with Gasteiger partial charge in [-0.3, -0.25) is 0 Å². The van der Waals surface area contributed by atoms with Crippen molar-refractivity contribution < 1.29 is 12.8 Å². The van der Waals surface area contributed by atoms with Gasteiger partial charge in [-0.1, -0.05) is 13.3 Å². The molecule has 5 nitrogen and oxygen atoms in total. The molecule has 1 aliphatic rings. The summed E-state index contributed by atoms with van der Waals surface area (Å²) in [6.07, 6.45) is 4.15. The Bertz CT molecular complexity index is 506. The van der Waals surface area contributed by atoms with Crippen LogP contribution in [0.25, 0.3) is 0 Å². The molecule has 1 aromatic heterocycles. The first kappa shape index (κ1) is 14.6. The largest absolute Gasteiger partial charge is 0.447 e. The van der Waals surface area contributed by atoms with Crippen LogP contribution in [0, 0.1) is 0 Å². The van der Waals surface area contributed by atoms with Crippen LogP contribution in [0.2, 0.25) is 0 Å². The Morgan fingerprint density at radius 3 is 2.79 bits per heavy atom. The fourth-order valence-corrected chi connectivity index (χ4v) is 3.17. The summed E-state index contributed by atoms with van der Waals surface area (Å²) in [7, 11) is -3.53. The van der Waals surface area contributed by atoms with E-state index in [2.05, 4.69) is 10.0 Å². The van der Waals surface area contributed by atoms with Gasteiger partial charge in [0.2, 0.25) is 5.09 Å². The Kier molecular flexibility index (Phi) is 4.65. The number of nitrogens with one attached hydrogen (secondary N) is 2. The molecular formula is C13H22N2O3S. The van der Waals surface area contributed by atoms with Gasteiger partial charge in [0.25, 0.3) is 10.0 Å². The van der Waals surface area contributed by atoms with E-state index < -0.39 is 10.0 Å². The van der Waals surface area contributed by atoms with Crippen molar-refractivity contribution in [2.75, 3.05) is 0 Å². The Labute approximate surface area is 114 Å². The molecule has 1 atom stereocenters. The van der Waals surface area contributed by atoms with Gasteiger partial charge < -0.3 is 9.73 Å². The van der Waals surface area contributed by atoms with Gasteiger partial charge in [0, 0.05) is 12.1 Å². The van der Waals surface area contributed by atoms with Crippen LogP contribution in [0.4, 0.5) is 0 Å². The van der Waals surface area contributed by atoms with E-state index in [0.29, 0.717) is 18.3 Å². The third-order valence-electron chi connectivity index (χ3n) is 3.12. The van der Waals surface area contributed by atoms with Crippen LogP contribution in [0.1, 0.15) is 45.3 Å². The zero-order valence-electron chi connectivity index (χ0n) is 11.5. The summed E-state index contributed by atoms with van der Waals surface area (Å²) in [6.45, 7) is 4.48. The maximum absolute atomic E-state index is 12.1. The van der Waals surface area contributed by atoms with Crippen LogP contribution in [0.3, 0.4) is 0 Å². The molecule has 0 amide bonds. The summed E-state index contributed by atoms with van der Waals surface area (Å²) in [5.74, 6) is 0.662. The maximum atomic E-state index is 12.1. The van der Waals surface area contributed by atoms with E-state index in [0.717, 1.165) is 12.8 Å². The lowest BCUT2D eigenvalue weighted by Gasteiger charge is -2.11. The minimum atomic E-state index is -3.53. The highest BCUT2D eigenvalue weighted by atomic mass is 32.2. The smallest absolute Gasteiger partial charge is 0.274 e. The second-order valence-corrected chi connectivity index (χ2v) is 6.83. The number of sulfonamides is 1. The van der Waals surface area contributed by atoms with Crippen LogP contribution in [-0.2, 0) is 16.6 Å². The second kappa shape index (κ2) is 6.07. The van der Waals surface area contributed by atoms with E-state index >= 15 is 0 Å². The molecule has 6 heteroatoms. The first-order valence-corrected chi connectivity index (χ1v) is 8.34. The predicted molar refractivity (Wildman–Crippen MR) is 73.3 cm³/mol. The van der Waals surface area contributed by atoms with Gasteiger partial charge in [-0.05, 0) is 38.3 Å². The van der Waals surface area contributed by atoms with Crippen LogP contribution in [0.15, 0.2) is 21.6 Å². The average molecular weight is 286 g/mol. The monoisotopic (exact) mass is 286 g/mol. The molecule has 108 valence electrons. The topological polar surface area (TPSA) is 71.3 Å². The number of rotatable bonds is 8. The minimum Gasteiger partial charge on any atom is -0.447 e. The van der Waals surface area contributed by atoms with Crippen molar-refractivity contribution in [3.63, 3.8) is 0 Å². The molecule has 0 aromatic carbocycles. The number of hydrogen-bond donors (Lipinski definition) is 2. The fraction of sp³-hybridized carbons (Fsp3) is 0.692. The molecule has 0 spiro atoms. The molecule has 19 heavy (non-hydrogen) atoms. The maximum Gasteiger partial charge on any atom is 0.274 e. The van der Waals surface area contributed by atoms with E-state index in [1.807, 2.05) is 13.8 Å². The van der Waals surface area contributed by atoms with Crippen molar-refractivity contribution in [1.29, 1.82) is 0 Å². The first-order chi connectivity index (χ1) is 9.01. The summed E-state index contributed by atoms with van der Waals surface area (Å²) in [4.78, 5) is 0. The lowest BCUT2D eigenvalue weighted by molar-refractivity contribution is 0.397. The van der Waals surface area contributed by atoms with E-state index in [9.17, 15) is 8.42 Å². The molecule has 1 heterocycles. The molecule has 0 bridgehead atoms. The van der Waals surface area contributed by atoms with Crippen molar-refractivity contribution in [2.45, 2.75) is 63.3 Å². The van der Waals surface area contributed by atoms with Gasteiger partial charge in [-0.15, -0.1) is 0 Å². The summed E-state index contributed by atoms with van der Waals surface area (Å²) >= 11 is 0. The number of hydrogen-bond acceptors (Lipinski definition) is 4. The molecule has 0 saturated heterocycles. The Hall–Kier alpha value is -0.850. The van der Waals surface area contributed by atoms with Crippen molar-refractivity contribution in [3.8, 4) is 0 Å². The summed E-state index contributed by atoms with van der Waals surface area (Å²) in [5.41, 5.74) is 0. The van der Waals surface area contributed by atoms with Gasteiger partial charge in [0.05, 0.1) is 6.54 Å². The van der Waals surface area contributed by atoms with Gasteiger partial charge in [-0.25, -0.2) is 13.1 Å². The highest BCUT2D eigenvalue weighted by Gasteiger charge is 2.23. The molecule has 2 rings (SSSR count). The van der Waals surface area contributed by atoms with E-state index in [-0.39, 0.29) is 11.1 Å². The van der Waals surface area contributed by atoms with Crippen molar-refractivity contribution in [3.05, 3.63) is 17.9 Å². The van der Waals surface area contributed by atoms with E-state index in [1.165, 1.54) is 18.9 Å². The summed E-state index contributed by atoms with van der Waals surface area (Å²) in [6, 6.07) is 3.74. The van der Waals surface area contributed by atoms with Crippen molar-refractivity contribution in [2.24, 2.45) is 0 Å². The molecule has 1 fully saturated rings. The quantitative estimate of drug-likeness (QED) is 0.767. The van der Waals surface area contributed by atoms with E-state index in [4.69, 9.17) is 4.42 Å². The molecular weight excluding hydrogens is 264 g/mol. The summed E-state index contributed by atoms with van der Waals surface area (Å²) < 4.78 is 32.1. The van der Waals surface area contributed by atoms with Gasteiger partial charge in [0.1, 0.15) is 5.76 Å². The Balaban J connectivity index is 1.95. The van der Waals surface area contributed by atoms with Gasteiger partial charge in [-0.2, -0.15) is 0 Å².